The van der Waals surface area contributed by atoms with Crippen molar-refractivity contribution in [2.45, 2.75) is 6.92 Å². The number of pyridine rings is 1. The Hall–Kier alpha value is -2.10. The normalized spacial score (nSPS) is 10.3. The van der Waals surface area contributed by atoms with E-state index >= 15 is 0 Å². The van der Waals surface area contributed by atoms with Gasteiger partial charge in [-0.3, -0.25) is 9.78 Å². The van der Waals surface area contributed by atoms with Gasteiger partial charge in [-0.2, -0.15) is 0 Å². The third kappa shape index (κ3) is 2.20. The minimum absolute atomic E-state index is 0.0639. The van der Waals surface area contributed by atoms with E-state index < -0.39 is 17.4 Å². The van der Waals surface area contributed by atoms with Crippen molar-refractivity contribution in [3.8, 4) is 0 Å². The number of rotatable bonds is 2. The smallest absolute Gasteiger partial charge is 0.196 e. The van der Waals surface area contributed by atoms with Crippen molar-refractivity contribution in [1.82, 2.24) is 4.98 Å². The molecular formula is C13H9F2NO. The first-order valence-electron chi connectivity index (χ1n) is 5.00. The molecule has 1 aromatic carbocycles. The van der Waals surface area contributed by atoms with Crippen LogP contribution in [-0.2, 0) is 0 Å². The number of halogens is 2. The van der Waals surface area contributed by atoms with Crippen LogP contribution in [0.1, 0.15) is 21.5 Å². The molecule has 1 aromatic heterocycles. The van der Waals surface area contributed by atoms with E-state index in [4.69, 9.17) is 0 Å². The molecule has 0 saturated heterocycles. The van der Waals surface area contributed by atoms with Crippen LogP contribution in [0.5, 0.6) is 0 Å². The standard InChI is InChI=1S/C13H9F2NO/c1-8-6-9(2-3-11(8)14)13(17)10-4-5-16-7-12(10)15/h2-7H,1H3. The first-order chi connectivity index (χ1) is 8.09. The summed E-state index contributed by atoms with van der Waals surface area (Å²) in [7, 11) is 0. The molecule has 17 heavy (non-hydrogen) atoms. The van der Waals surface area contributed by atoms with Crippen LogP contribution in [0.2, 0.25) is 0 Å². The number of nitrogens with zero attached hydrogens (tertiary/aromatic N) is 1. The van der Waals surface area contributed by atoms with Gasteiger partial charge in [0.15, 0.2) is 11.6 Å². The highest BCUT2D eigenvalue weighted by Gasteiger charge is 2.14. The zero-order valence-corrected chi connectivity index (χ0v) is 9.08. The minimum Gasteiger partial charge on any atom is -0.288 e. The zero-order chi connectivity index (χ0) is 12.4. The summed E-state index contributed by atoms with van der Waals surface area (Å²) in [5.74, 6) is -1.55. The largest absolute Gasteiger partial charge is 0.288 e. The maximum absolute atomic E-state index is 13.3. The van der Waals surface area contributed by atoms with Gasteiger partial charge in [-0.05, 0) is 36.8 Å². The molecule has 2 aromatic rings. The molecule has 0 saturated carbocycles. The SMILES string of the molecule is Cc1cc(C(=O)c2ccncc2F)ccc1F. The lowest BCUT2D eigenvalue weighted by Crippen LogP contribution is -2.05. The maximum atomic E-state index is 13.3. The number of hydrogen-bond donors (Lipinski definition) is 0. The Morgan fingerprint density at radius 1 is 1.18 bits per heavy atom. The van der Waals surface area contributed by atoms with Gasteiger partial charge in [0.1, 0.15) is 5.82 Å². The maximum Gasteiger partial charge on any atom is 0.196 e. The minimum atomic E-state index is -0.681. The fraction of sp³-hybridized carbons (Fsp3) is 0.0769. The average molecular weight is 233 g/mol. The molecule has 0 unspecified atom stereocenters. The monoisotopic (exact) mass is 233 g/mol. The summed E-state index contributed by atoms with van der Waals surface area (Å²) in [5, 5.41) is 0. The van der Waals surface area contributed by atoms with Crippen molar-refractivity contribution < 1.29 is 13.6 Å². The predicted molar refractivity (Wildman–Crippen MR) is 58.8 cm³/mol. The number of benzene rings is 1. The lowest BCUT2D eigenvalue weighted by atomic mass is 10.0. The second kappa shape index (κ2) is 4.41. The molecule has 0 N–H and O–H groups in total. The van der Waals surface area contributed by atoms with Gasteiger partial charge in [0, 0.05) is 11.8 Å². The molecule has 0 aliphatic rings. The third-order valence-corrected chi connectivity index (χ3v) is 2.44. The Bertz CT molecular complexity index is 581. The number of hydrogen-bond acceptors (Lipinski definition) is 2. The number of carbonyl (C=O) groups excluding carboxylic acids is 1. The van der Waals surface area contributed by atoms with Crippen LogP contribution in [0.3, 0.4) is 0 Å². The van der Waals surface area contributed by atoms with Crippen molar-refractivity contribution in [3.05, 3.63) is 65.0 Å². The van der Waals surface area contributed by atoms with E-state index in [0.717, 1.165) is 6.20 Å². The van der Waals surface area contributed by atoms with Crippen LogP contribution in [0, 0.1) is 18.6 Å². The molecule has 1 heterocycles. The van der Waals surface area contributed by atoms with Crippen LogP contribution >= 0.6 is 0 Å². The quantitative estimate of drug-likeness (QED) is 0.746. The van der Waals surface area contributed by atoms with E-state index in [1.807, 2.05) is 0 Å². The summed E-state index contributed by atoms with van der Waals surface area (Å²) in [4.78, 5) is 15.5. The summed E-state index contributed by atoms with van der Waals surface area (Å²) >= 11 is 0. The van der Waals surface area contributed by atoms with Gasteiger partial charge in [0.05, 0.1) is 11.8 Å². The van der Waals surface area contributed by atoms with Gasteiger partial charge in [-0.1, -0.05) is 0 Å². The fourth-order valence-electron chi connectivity index (χ4n) is 1.50. The molecule has 0 aliphatic carbocycles. The van der Waals surface area contributed by atoms with E-state index in [2.05, 4.69) is 4.98 Å². The first kappa shape index (κ1) is 11.4. The second-order valence-corrected chi connectivity index (χ2v) is 3.65. The lowest BCUT2D eigenvalue weighted by molar-refractivity contribution is 0.103. The highest BCUT2D eigenvalue weighted by Crippen LogP contribution is 2.15. The van der Waals surface area contributed by atoms with E-state index in [0.29, 0.717) is 5.56 Å². The molecule has 0 aliphatic heterocycles. The van der Waals surface area contributed by atoms with Crippen LogP contribution in [-0.4, -0.2) is 10.8 Å². The molecule has 0 bridgehead atoms. The highest BCUT2D eigenvalue weighted by molar-refractivity contribution is 6.09. The fourth-order valence-corrected chi connectivity index (χ4v) is 1.50. The number of aromatic nitrogens is 1. The summed E-state index contributed by atoms with van der Waals surface area (Å²) in [6, 6.07) is 5.24. The van der Waals surface area contributed by atoms with Crippen molar-refractivity contribution in [2.24, 2.45) is 0 Å². The molecule has 86 valence electrons. The molecule has 0 radical (unpaired) electrons. The van der Waals surface area contributed by atoms with E-state index in [1.54, 1.807) is 6.92 Å². The van der Waals surface area contributed by atoms with Crippen molar-refractivity contribution in [2.75, 3.05) is 0 Å². The van der Waals surface area contributed by atoms with Gasteiger partial charge in [-0.25, -0.2) is 8.78 Å². The summed E-state index contributed by atoms with van der Waals surface area (Å²) in [5.41, 5.74) is 0.547. The molecule has 0 spiro atoms. The zero-order valence-electron chi connectivity index (χ0n) is 9.08. The van der Waals surface area contributed by atoms with E-state index in [9.17, 15) is 13.6 Å². The number of aryl methyl sites for hydroxylation is 1. The Kier molecular flexibility index (Phi) is 2.95. The van der Waals surface area contributed by atoms with E-state index in [1.165, 1.54) is 30.5 Å². The van der Waals surface area contributed by atoms with Crippen molar-refractivity contribution in [1.29, 1.82) is 0 Å². The molecular weight excluding hydrogens is 224 g/mol. The van der Waals surface area contributed by atoms with Gasteiger partial charge in [0.2, 0.25) is 0 Å². The van der Waals surface area contributed by atoms with Gasteiger partial charge < -0.3 is 0 Å². The van der Waals surface area contributed by atoms with Crippen LogP contribution in [0.15, 0.2) is 36.7 Å². The summed E-state index contributed by atoms with van der Waals surface area (Å²) < 4.78 is 26.4. The lowest BCUT2D eigenvalue weighted by Gasteiger charge is -2.03. The van der Waals surface area contributed by atoms with Crippen LogP contribution in [0.25, 0.3) is 0 Å². The summed E-state index contributed by atoms with van der Waals surface area (Å²) in [6.07, 6.45) is 2.32. The number of carbonyl (C=O) groups is 1. The molecule has 4 heteroatoms. The highest BCUT2D eigenvalue weighted by atomic mass is 19.1. The summed E-state index contributed by atoms with van der Waals surface area (Å²) in [6.45, 7) is 1.55. The van der Waals surface area contributed by atoms with Crippen molar-refractivity contribution in [3.63, 3.8) is 0 Å². The van der Waals surface area contributed by atoms with E-state index in [-0.39, 0.29) is 11.1 Å². The van der Waals surface area contributed by atoms with Crippen LogP contribution < -0.4 is 0 Å². The van der Waals surface area contributed by atoms with Crippen molar-refractivity contribution >= 4 is 5.78 Å². The Balaban J connectivity index is 2.44. The molecule has 2 nitrogen and oxygen atoms in total. The third-order valence-electron chi connectivity index (χ3n) is 2.44. The molecule has 2 rings (SSSR count). The molecule has 0 atom stereocenters. The average Bonchev–Trinajstić information content (AvgIpc) is 2.32. The molecule has 0 amide bonds. The topological polar surface area (TPSA) is 30.0 Å². The van der Waals surface area contributed by atoms with Crippen LogP contribution in [0.4, 0.5) is 8.78 Å². The van der Waals surface area contributed by atoms with Gasteiger partial charge >= 0.3 is 0 Å². The number of ketones is 1. The van der Waals surface area contributed by atoms with Gasteiger partial charge in [-0.15, -0.1) is 0 Å². The molecule has 0 fully saturated rings. The first-order valence-corrected chi connectivity index (χ1v) is 5.00. The second-order valence-electron chi connectivity index (χ2n) is 3.65. The Labute approximate surface area is 96.9 Å². The predicted octanol–water partition coefficient (Wildman–Crippen LogP) is 2.90. The Morgan fingerprint density at radius 2 is 1.94 bits per heavy atom. The Morgan fingerprint density at radius 3 is 2.59 bits per heavy atom. The van der Waals surface area contributed by atoms with Gasteiger partial charge in [0.25, 0.3) is 0 Å².